The quantitative estimate of drug-likeness (QED) is 0.706. The number of benzene rings is 1. The highest BCUT2D eigenvalue weighted by Crippen LogP contribution is 2.23. The summed E-state index contributed by atoms with van der Waals surface area (Å²) >= 11 is 0. The van der Waals surface area contributed by atoms with Crippen LogP contribution in [0.2, 0.25) is 0 Å². The third kappa shape index (κ3) is 5.91. The molecule has 0 saturated heterocycles. The van der Waals surface area contributed by atoms with Crippen molar-refractivity contribution in [3.63, 3.8) is 0 Å². The summed E-state index contributed by atoms with van der Waals surface area (Å²) in [4.78, 5) is 24.3. The summed E-state index contributed by atoms with van der Waals surface area (Å²) < 4.78 is 0. The van der Waals surface area contributed by atoms with Crippen molar-refractivity contribution in [2.45, 2.75) is 58.4 Å². The second-order valence-corrected chi connectivity index (χ2v) is 6.89. The van der Waals surface area contributed by atoms with E-state index in [1.165, 1.54) is 17.5 Å². The second-order valence-electron chi connectivity index (χ2n) is 6.89. The summed E-state index contributed by atoms with van der Waals surface area (Å²) in [5, 5.41) is 2.93. The fourth-order valence-corrected chi connectivity index (χ4v) is 3.20. The van der Waals surface area contributed by atoms with Gasteiger partial charge in [-0.2, -0.15) is 0 Å². The van der Waals surface area contributed by atoms with E-state index in [0.29, 0.717) is 12.5 Å². The molecule has 0 bridgehead atoms. The molecular weight excluding hydrogens is 324 g/mol. The van der Waals surface area contributed by atoms with Gasteiger partial charge in [-0.3, -0.25) is 9.59 Å². The van der Waals surface area contributed by atoms with Crippen molar-refractivity contribution in [2.75, 3.05) is 6.54 Å². The van der Waals surface area contributed by atoms with Crippen LogP contribution < -0.4 is 11.1 Å². The number of ketones is 1. The van der Waals surface area contributed by atoms with Gasteiger partial charge in [0.05, 0.1) is 0 Å². The lowest BCUT2D eigenvalue weighted by Gasteiger charge is -2.18. The van der Waals surface area contributed by atoms with Crippen LogP contribution in [0.1, 0.15) is 61.0 Å². The molecule has 4 nitrogen and oxygen atoms in total. The van der Waals surface area contributed by atoms with Crippen molar-refractivity contribution in [3.8, 4) is 0 Å². The summed E-state index contributed by atoms with van der Waals surface area (Å²) in [6.07, 6.45) is 4.69. The molecule has 0 spiro atoms. The first kappa shape index (κ1) is 20.7. The standard InChI is InChI=1S/C19H28N2O2.ClH/c1-13(2)10-17(12-20)21-19(23)9-8-18(22)16-7-6-14-4-3-5-15(14)11-16;/h6-7,11,13,17H,3-5,8-10,12,20H2,1-2H3,(H,21,23);1H. The molecule has 1 aromatic carbocycles. The lowest BCUT2D eigenvalue weighted by atomic mass is 10.0. The third-order valence-corrected chi connectivity index (χ3v) is 4.41. The highest BCUT2D eigenvalue weighted by Gasteiger charge is 2.16. The van der Waals surface area contributed by atoms with Crippen LogP contribution in [0.25, 0.3) is 0 Å². The number of nitrogens with one attached hydrogen (secondary N) is 1. The van der Waals surface area contributed by atoms with Crippen molar-refractivity contribution in [3.05, 3.63) is 34.9 Å². The van der Waals surface area contributed by atoms with Crippen LogP contribution in [-0.4, -0.2) is 24.3 Å². The van der Waals surface area contributed by atoms with Gasteiger partial charge in [0.1, 0.15) is 0 Å². The monoisotopic (exact) mass is 352 g/mol. The van der Waals surface area contributed by atoms with Crippen LogP contribution in [0.4, 0.5) is 0 Å². The minimum absolute atomic E-state index is 0. The van der Waals surface area contributed by atoms with Crippen molar-refractivity contribution < 1.29 is 9.59 Å². The van der Waals surface area contributed by atoms with Crippen LogP contribution >= 0.6 is 12.4 Å². The highest BCUT2D eigenvalue weighted by molar-refractivity contribution is 5.98. The minimum Gasteiger partial charge on any atom is -0.352 e. The maximum atomic E-state index is 12.3. The summed E-state index contributed by atoms with van der Waals surface area (Å²) in [7, 11) is 0. The molecule has 0 fully saturated rings. The SMILES string of the molecule is CC(C)CC(CN)NC(=O)CCC(=O)c1ccc2c(c1)CCC2.Cl. The minimum atomic E-state index is -0.0874. The Balaban J connectivity index is 0.00000288. The molecule has 0 aliphatic heterocycles. The van der Waals surface area contributed by atoms with Crippen LogP contribution in [0.15, 0.2) is 18.2 Å². The molecule has 5 heteroatoms. The predicted octanol–water partition coefficient (Wildman–Crippen LogP) is 3.05. The molecular formula is C19H29ClN2O2. The van der Waals surface area contributed by atoms with Gasteiger partial charge in [-0.05, 0) is 48.8 Å². The van der Waals surface area contributed by atoms with Gasteiger partial charge < -0.3 is 11.1 Å². The average molecular weight is 353 g/mol. The van der Waals surface area contributed by atoms with Gasteiger partial charge >= 0.3 is 0 Å². The lowest BCUT2D eigenvalue weighted by molar-refractivity contribution is -0.121. The van der Waals surface area contributed by atoms with Crippen molar-refractivity contribution in [2.24, 2.45) is 11.7 Å². The topological polar surface area (TPSA) is 72.2 Å². The smallest absolute Gasteiger partial charge is 0.220 e. The number of aryl methyl sites for hydroxylation is 2. The average Bonchev–Trinajstić information content (AvgIpc) is 2.98. The van der Waals surface area contributed by atoms with E-state index in [0.717, 1.165) is 24.8 Å². The number of fused-ring (bicyclic) bond motifs is 1. The molecule has 2 rings (SSSR count). The zero-order chi connectivity index (χ0) is 16.8. The van der Waals surface area contributed by atoms with E-state index in [4.69, 9.17) is 5.73 Å². The Kier molecular flexibility index (Phi) is 8.43. The van der Waals surface area contributed by atoms with Gasteiger partial charge in [0.15, 0.2) is 5.78 Å². The lowest BCUT2D eigenvalue weighted by Crippen LogP contribution is -2.41. The van der Waals surface area contributed by atoms with E-state index >= 15 is 0 Å². The zero-order valence-corrected chi connectivity index (χ0v) is 15.5. The molecule has 3 N–H and O–H groups in total. The van der Waals surface area contributed by atoms with Crippen molar-refractivity contribution >= 4 is 24.1 Å². The molecule has 1 atom stereocenters. The number of hydrogen-bond acceptors (Lipinski definition) is 3. The Bertz CT molecular complexity index is 572. The fraction of sp³-hybridized carbons (Fsp3) is 0.579. The van der Waals surface area contributed by atoms with E-state index in [9.17, 15) is 9.59 Å². The second kappa shape index (κ2) is 9.80. The number of amides is 1. The maximum Gasteiger partial charge on any atom is 0.220 e. The maximum absolute atomic E-state index is 12.3. The van der Waals surface area contributed by atoms with Gasteiger partial charge in [-0.1, -0.05) is 26.0 Å². The van der Waals surface area contributed by atoms with Gasteiger partial charge in [-0.15, -0.1) is 12.4 Å². The fourth-order valence-electron chi connectivity index (χ4n) is 3.20. The van der Waals surface area contributed by atoms with Crippen LogP contribution in [0, 0.1) is 5.92 Å². The Morgan fingerprint density at radius 2 is 1.88 bits per heavy atom. The zero-order valence-electron chi connectivity index (χ0n) is 14.6. The number of rotatable bonds is 8. The Hall–Kier alpha value is -1.39. The molecule has 0 heterocycles. The first-order chi connectivity index (χ1) is 11.0. The van der Waals surface area contributed by atoms with Crippen LogP contribution in [0.3, 0.4) is 0 Å². The molecule has 134 valence electrons. The molecule has 0 aromatic heterocycles. The third-order valence-electron chi connectivity index (χ3n) is 4.41. The summed E-state index contributed by atoms with van der Waals surface area (Å²) in [6.45, 7) is 4.64. The summed E-state index contributed by atoms with van der Waals surface area (Å²) in [6, 6.07) is 5.95. The number of carbonyl (C=O) groups is 2. The molecule has 1 amide bonds. The largest absolute Gasteiger partial charge is 0.352 e. The molecule has 0 saturated carbocycles. The Labute approximate surface area is 151 Å². The molecule has 1 unspecified atom stereocenters. The van der Waals surface area contributed by atoms with E-state index in [1.807, 2.05) is 12.1 Å². The molecule has 0 radical (unpaired) electrons. The van der Waals surface area contributed by atoms with Crippen molar-refractivity contribution in [1.29, 1.82) is 0 Å². The van der Waals surface area contributed by atoms with Crippen LogP contribution in [-0.2, 0) is 17.6 Å². The van der Waals surface area contributed by atoms with E-state index < -0.39 is 0 Å². The first-order valence-electron chi connectivity index (χ1n) is 8.64. The number of halogens is 1. The van der Waals surface area contributed by atoms with Gasteiger partial charge in [0, 0.05) is 31.0 Å². The molecule has 1 aliphatic rings. The predicted molar refractivity (Wildman–Crippen MR) is 99.7 cm³/mol. The van der Waals surface area contributed by atoms with Crippen LogP contribution in [0.5, 0.6) is 0 Å². The normalized spacial score (nSPS) is 14.0. The number of Topliss-reactive ketones (excluding diaryl/α,β-unsaturated/α-hetero) is 1. The first-order valence-corrected chi connectivity index (χ1v) is 8.64. The van der Waals surface area contributed by atoms with Gasteiger partial charge in [0.25, 0.3) is 0 Å². The van der Waals surface area contributed by atoms with E-state index in [1.54, 1.807) is 0 Å². The van der Waals surface area contributed by atoms with E-state index in [-0.39, 0.29) is 43.0 Å². The summed E-state index contributed by atoms with van der Waals surface area (Å²) in [5.74, 6) is 0.440. The Morgan fingerprint density at radius 1 is 1.17 bits per heavy atom. The number of carbonyl (C=O) groups excluding carboxylic acids is 2. The van der Waals surface area contributed by atoms with Gasteiger partial charge in [0.2, 0.25) is 5.91 Å². The van der Waals surface area contributed by atoms with Gasteiger partial charge in [-0.25, -0.2) is 0 Å². The Morgan fingerprint density at radius 3 is 2.54 bits per heavy atom. The summed E-state index contributed by atoms with van der Waals surface area (Å²) in [5.41, 5.74) is 9.07. The highest BCUT2D eigenvalue weighted by atomic mass is 35.5. The van der Waals surface area contributed by atoms with E-state index in [2.05, 4.69) is 25.2 Å². The molecule has 24 heavy (non-hydrogen) atoms. The number of nitrogens with two attached hydrogens (primary N) is 1. The molecule has 1 aliphatic carbocycles. The van der Waals surface area contributed by atoms with Crippen molar-refractivity contribution in [1.82, 2.24) is 5.32 Å². The molecule has 1 aromatic rings. The number of hydrogen-bond donors (Lipinski definition) is 2.